The zero-order valence-electron chi connectivity index (χ0n) is 16.2. The fraction of sp³-hybridized carbons (Fsp3) is 0.364. The monoisotopic (exact) mass is 352 g/mol. The van der Waals surface area contributed by atoms with E-state index in [1.165, 1.54) is 0 Å². The molecule has 138 valence electrons. The lowest BCUT2D eigenvalue weighted by Crippen LogP contribution is -2.19. The first-order chi connectivity index (χ1) is 12.5. The van der Waals surface area contributed by atoms with Gasteiger partial charge in [0.1, 0.15) is 24.7 Å². The third kappa shape index (κ3) is 7.60. The van der Waals surface area contributed by atoms with Gasteiger partial charge in [-0.3, -0.25) is 0 Å². The van der Waals surface area contributed by atoms with Crippen LogP contribution in [0.4, 0.5) is 0 Å². The zero-order chi connectivity index (χ0) is 18.8. The Hall–Kier alpha value is -2.48. The van der Waals surface area contributed by atoms with Crippen LogP contribution in [0.5, 0.6) is 11.5 Å². The highest BCUT2D eigenvalue weighted by molar-refractivity contribution is 5.45. The Morgan fingerprint density at radius 2 is 0.962 bits per heavy atom. The molecule has 0 aromatic heterocycles. The summed E-state index contributed by atoms with van der Waals surface area (Å²) >= 11 is 0. The van der Waals surface area contributed by atoms with Gasteiger partial charge in [0, 0.05) is 24.2 Å². The molecule has 0 atom stereocenters. The van der Waals surface area contributed by atoms with Crippen molar-refractivity contribution in [3.05, 3.63) is 59.7 Å². The molecule has 0 aliphatic heterocycles. The Bertz CT molecular complexity index is 649. The van der Waals surface area contributed by atoms with Gasteiger partial charge in [-0.05, 0) is 76.7 Å². The Morgan fingerprint density at radius 3 is 1.27 bits per heavy atom. The van der Waals surface area contributed by atoms with Crippen molar-refractivity contribution in [3.8, 4) is 23.3 Å². The number of ether oxygens (including phenoxy) is 2. The van der Waals surface area contributed by atoms with E-state index in [2.05, 4.69) is 21.6 Å². The molecule has 4 nitrogen and oxygen atoms in total. The summed E-state index contributed by atoms with van der Waals surface area (Å²) in [6.45, 7) is 3.16. The van der Waals surface area contributed by atoms with E-state index in [9.17, 15) is 0 Å². The maximum atomic E-state index is 5.69. The Kier molecular flexibility index (Phi) is 8.01. The van der Waals surface area contributed by atoms with E-state index in [0.29, 0.717) is 13.2 Å². The van der Waals surface area contributed by atoms with Crippen LogP contribution in [-0.4, -0.2) is 64.3 Å². The Balaban J connectivity index is 1.86. The molecule has 0 saturated carbocycles. The molecule has 0 unspecified atom stereocenters. The SMILES string of the molecule is CN(C)CCOc1ccc(C#Cc2ccc(OCCN(C)C)cc2)cc1. The van der Waals surface area contributed by atoms with E-state index in [0.717, 1.165) is 35.7 Å². The van der Waals surface area contributed by atoms with Gasteiger partial charge in [0.25, 0.3) is 0 Å². The highest BCUT2D eigenvalue weighted by Crippen LogP contribution is 2.13. The van der Waals surface area contributed by atoms with Crippen LogP contribution in [0.2, 0.25) is 0 Å². The molecule has 26 heavy (non-hydrogen) atoms. The van der Waals surface area contributed by atoms with Crippen LogP contribution in [-0.2, 0) is 0 Å². The smallest absolute Gasteiger partial charge is 0.119 e. The molecule has 0 aliphatic rings. The molecule has 2 rings (SSSR count). The molecule has 0 heterocycles. The number of likely N-dealkylation sites (N-methyl/N-ethyl adjacent to an activating group) is 2. The molecular weight excluding hydrogens is 324 g/mol. The lowest BCUT2D eigenvalue weighted by Gasteiger charge is -2.10. The average Bonchev–Trinajstić information content (AvgIpc) is 2.61. The maximum Gasteiger partial charge on any atom is 0.119 e. The minimum Gasteiger partial charge on any atom is -0.492 e. The van der Waals surface area contributed by atoms with Crippen LogP contribution < -0.4 is 9.47 Å². The molecule has 0 bridgehead atoms. The predicted octanol–water partition coefficient (Wildman–Crippen LogP) is 2.97. The van der Waals surface area contributed by atoms with Crippen molar-refractivity contribution in [2.45, 2.75) is 0 Å². The van der Waals surface area contributed by atoms with Gasteiger partial charge in [-0.15, -0.1) is 0 Å². The fourth-order valence-electron chi connectivity index (χ4n) is 2.11. The molecule has 0 fully saturated rings. The highest BCUT2D eigenvalue weighted by atomic mass is 16.5. The minimum atomic E-state index is 0.682. The minimum absolute atomic E-state index is 0.682. The molecule has 0 radical (unpaired) electrons. The summed E-state index contributed by atoms with van der Waals surface area (Å²) in [5.41, 5.74) is 1.94. The van der Waals surface area contributed by atoms with Crippen molar-refractivity contribution < 1.29 is 9.47 Å². The van der Waals surface area contributed by atoms with E-state index in [1.54, 1.807) is 0 Å². The van der Waals surface area contributed by atoms with E-state index >= 15 is 0 Å². The molecule has 2 aromatic carbocycles. The fourth-order valence-corrected chi connectivity index (χ4v) is 2.11. The first kappa shape index (κ1) is 19.8. The van der Waals surface area contributed by atoms with Gasteiger partial charge in [0.05, 0.1) is 0 Å². The second kappa shape index (κ2) is 10.5. The van der Waals surface area contributed by atoms with E-state index < -0.39 is 0 Å². The number of nitrogens with zero attached hydrogens (tertiary/aromatic N) is 2. The number of benzene rings is 2. The molecule has 2 aromatic rings. The summed E-state index contributed by atoms with van der Waals surface area (Å²) in [5, 5.41) is 0. The first-order valence-electron chi connectivity index (χ1n) is 8.80. The van der Waals surface area contributed by atoms with Gasteiger partial charge in [0.2, 0.25) is 0 Å². The summed E-state index contributed by atoms with van der Waals surface area (Å²) in [7, 11) is 8.13. The number of hydrogen-bond acceptors (Lipinski definition) is 4. The van der Waals surface area contributed by atoms with E-state index in [1.807, 2.05) is 76.7 Å². The van der Waals surface area contributed by atoms with E-state index in [-0.39, 0.29) is 0 Å². The van der Waals surface area contributed by atoms with Crippen molar-refractivity contribution in [1.29, 1.82) is 0 Å². The third-order valence-corrected chi connectivity index (χ3v) is 3.67. The van der Waals surface area contributed by atoms with Crippen molar-refractivity contribution >= 4 is 0 Å². The second-order valence-electron chi connectivity index (χ2n) is 6.60. The quantitative estimate of drug-likeness (QED) is 0.682. The largest absolute Gasteiger partial charge is 0.492 e. The van der Waals surface area contributed by atoms with Crippen LogP contribution in [0, 0.1) is 11.8 Å². The highest BCUT2D eigenvalue weighted by Gasteiger charge is 1.97. The van der Waals surface area contributed by atoms with Gasteiger partial charge in [-0.2, -0.15) is 0 Å². The van der Waals surface area contributed by atoms with Crippen molar-refractivity contribution in [3.63, 3.8) is 0 Å². The van der Waals surface area contributed by atoms with Crippen LogP contribution >= 0.6 is 0 Å². The predicted molar refractivity (Wildman–Crippen MR) is 107 cm³/mol. The standard InChI is InChI=1S/C22H28N2O2/c1-23(2)15-17-25-21-11-7-19(8-12-21)5-6-20-9-13-22(14-10-20)26-18-16-24(3)4/h7-14H,15-18H2,1-4H3. The summed E-state index contributed by atoms with van der Waals surface area (Å²) < 4.78 is 11.4. The molecule has 0 aliphatic carbocycles. The van der Waals surface area contributed by atoms with Crippen molar-refractivity contribution in [2.75, 3.05) is 54.5 Å². The first-order valence-corrected chi connectivity index (χ1v) is 8.80. The summed E-state index contributed by atoms with van der Waals surface area (Å²) in [6, 6.07) is 15.8. The topological polar surface area (TPSA) is 24.9 Å². The summed E-state index contributed by atoms with van der Waals surface area (Å²) in [6.07, 6.45) is 0. The van der Waals surface area contributed by atoms with E-state index in [4.69, 9.17) is 9.47 Å². The van der Waals surface area contributed by atoms with Crippen LogP contribution in [0.3, 0.4) is 0 Å². The van der Waals surface area contributed by atoms with Gasteiger partial charge >= 0.3 is 0 Å². The number of hydrogen-bond donors (Lipinski definition) is 0. The third-order valence-electron chi connectivity index (χ3n) is 3.67. The lowest BCUT2D eigenvalue weighted by atomic mass is 10.2. The summed E-state index contributed by atoms with van der Waals surface area (Å²) in [5.74, 6) is 8.10. The van der Waals surface area contributed by atoms with Gasteiger partial charge in [-0.25, -0.2) is 0 Å². The van der Waals surface area contributed by atoms with Gasteiger partial charge < -0.3 is 19.3 Å². The Morgan fingerprint density at radius 1 is 0.615 bits per heavy atom. The average molecular weight is 352 g/mol. The van der Waals surface area contributed by atoms with Gasteiger partial charge in [0.15, 0.2) is 0 Å². The zero-order valence-corrected chi connectivity index (χ0v) is 16.2. The lowest BCUT2D eigenvalue weighted by molar-refractivity contribution is 0.261. The molecule has 4 heteroatoms. The van der Waals surface area contributed by atoms with Crippen molar-refractivity contribution in [2.24, 2.45) is 0 Å². The van der Waals surface area contributed by atoms with Crippen LogP contribution in [0.15, 0.2) is 48.5 Å². The van der Waals surface area contributed by atoms with Crippen LogP contribution in [0.1, 0.15) is 11.1 Å². The second-order valence-corrected chi connectivity index (χ2v) is 6.60. The molecule has 0 spiro atoms. The van der Waals surface area contributed by atoms with Gasteiger partial charge in [-0.1, -0.05) is 11.8 Å². The number of rotatable bonds is 8. The molecular formula is C22H28N2O2. The maximum absolute atomic E-state index is 5.69. The molecule has 0 amide bonds. The molecule has 0 saturated heterocycles. The Labute approximate surface area is 157 Å². The van der Waals surface area contributed by atoms with Crippen LogP contribution in [0.25, 0.3) is 0 Å². The van der Waals surface area contributed by atoms with Crippen molar-refractivity contribution in [1.82, 2.24) is 9.80 Å². The summed E-state index contributed by atoms with van der Waals surface area (Å²) in [4.78, 5) is 4.19. The molecule has 0 N–H and O–H groups in total. The normalized spacial score (nSPS) is 10.5.